The first kappa shape index (κ1) is 14.8. The first-order chi connectivity index (χ1) is 9.70. The molecule has 1 amide bonds. The minimum absolute atomic E-state index is 0.0670. The maximum absolute atomic E-state index is 12.1. The van der Waals surface area contributed by atoms with Crippen molar-refractivity contribution < 1.29 is 9.53 Å². The Bertz CT molecular complexity index is 442. The Morgan fingerprint density at radius 3 is 2.65 bits per heavy atom. The maximum atomic E-state index is 12.1. The van der Waals surface area contributed by atoms with Crippen molar-refractivity contribution in [2.45, 2.75) is 6.54 Å². The second-order valence-corrected chi connectivity index (χ2v) is 5.11. The molecule has 5 heteroatoms. The van der Waals surface area contributed by atoms with E-state index >= 15 is 0 Å². The third-order valence-corrected chi connectivity index (χ3v) is 3.55. The van der Waals surface area contributed by atoms with Crippen LogP contribution in [0.15, 0.2) is 24.3 Å². The summed E-state index contributed by atoms with van der Waals surface area (Å²) in [4.78, 5) is 16.2. The number of likely N-dealkylation sites (N-methyl/N-ethyl adjacent to an activating group) is 1. The first-order valence-corrected chi connectivity index (χ1v) is 7.02. The maximum Gasteiger partial charge on any atom is 0.260 e. The highest BCUT2D eigenvalue weighted by molar-refractivity contribution is 5.78. The van der Waals surface area contributed by atoms with Crippen LogP contribution < -0.4 is 10.1 Å². The quantitative estimate of drug-likeness (QED) is 0.854. The summed E-state index contributed by atoms with van der Waals surface area (Å²) in [5, 5.41) is 3.10. The number of nitrogens with one attached hydrogen (secondary N) is 1. The zero-order valence-electron chi connectivity index (χ0n) is 12.3. The van der Waals surface area contributed by atoms with Gasteiger partial charge in [-0.25, -0.2) is 0 Å². The zero-order chi connectivity index (χ0) is 14.4. The number of ether oxygens (including phenoxy) is 1. The van der Waals surface area contributed by atoms with Crippen LogP contribution >= 0.6 is 0 Å². The average Bonchev–Trinajstić information content (AvgIpc) is 2.47. The lowest BCUT2D eigenvalue weighted by Gasteiger charge is -2.32. The van der Waals surface area contributed by atoms with Crippen LogP contribution in [0.4, 0.5) is 0 Å². The Morgan fingerprint density at radius 2 is 1.95 bits per heavy atom. The fourth-order valence-electron chi connectivity index (χ4n) is 2.27. The van der Waals surface area contributed by atoms with Crippen molar-refractivity contribution in [2.24, 2.45) is 0 Å². The number of amides is 1. The molecule has 1 aliphatic heterocycles. The number of hydrogen-bond acceptors (Lipinski definition) is 4. The van der Waals surface area contributed by atoms with E-state index in [4.69, 9.17) is 4.74 Å². The molecule has 0 unspecified atom stereocenters. The molecule has 5 nitrogen and oxygen atoms in total. The van der Waals surface area contributed by atoms with Gasteiger partial charge in [-0.05, 0) is 20.2 Å². The van der Waals surface area contributed by atoms with Crippen molar-refractivity contribution in [2.75, 3.05) is 46.9 Å². The number of nitrogens with zero attached hydrogens (tertiary/aromatic N) is 2. The third kappa shape index (κ3) is 3.95. The summed E-state index contributed by atoms with van der Waals surface area (Å²) in [5.74, 6) is 0.849. The normalized spacial score (nSPS) is 16.2. The predicted octanol–water partition coefficient (Wildman–Crippen LogP) is 0.559. The zero-order valence-corrected chi connectivity index (χ0v) is 12.3. The van der Waals surface area contributed by atoms with Crippen LogP contribution in [0.3, 0.4) is 0 Å². The van der Waals surface area contributed by atoms with Crippen LogP contribution in [-0.2, 0) is 11.3 Å². The van der Waals surface area contributed by atoms with Gasteiger partial charge >= 0.3 is 0 Å². The Balaban J connectivity index is 1.87. The Hall–Kier alpha value is -1.59. The van der Waals surface area contributed by atoms with Gasteiger partial charge < -0.3 is 19.9 Å². The van der Waals surface area contributed by atoms with E-state index in [1.54, 1.807) is 0 Å². The predicted molar refractivity (Wildman–Crippen MR) is 78.8 cm³/mol. The number of hydrogen-bond donors (Lipinski definition) is 1. The lowest BCUT2D eigenvalue weighted by atomic mass is 10.2. The molecule has 0 aromatic heterocycles. The molecule has 1 saturated heterocycles. The molecule has 20 heavy (non-hydrogen) atoms. The van der Waals surface area contributed by atoms with Crippen molar-refractivity contribution in [3.63, 3.8) is 0 Å². The van der Waals surface area contributed by atoms with Crippen molar-refractivity contribution >= 4 is 5.91 Å². The van der Waals surface area contributed by atoms with Gasteiger partial charge in [0, 0.05) is 38.3 Å². The molecule has 0 spiro atoms. The molecular weight excluding hydrogens is 254 g/mol. The summed E-state index contributed by atoms with van der Waals surface area (Å²) < 4.78 is 5.69. The van der Waals surface area contributed by atoms with Gasteiger partial charge in [0.15, 0.2) is 6.61 Å². The van der Waals surface area contributed by atoms with Gasteiger partial charge in [-0.1, -0.05) is 18.2 Å². The number of piperazine rings is 1. The van der Waals surface area contributed by atoms with E-state index in [0.29, 0.717) is 0 Å². The Kier molecular flexibility index (Phi) is 5.38. The van der Waals surface area contributed by atoms with Crippen LogP contribution in [0.25, 0.3) is 0 Å². The molecule has 1 aromatic rings. The van der Waals surface area contributed by atoms with E-state index in [9.17, 15) is 4.79 Å². The van der Waals surface area contributed by atoms with Crippen LogP contribution in [-0.4, -0.2) is 62.6 Å². The van der Waals surface area contributed by atoms with E-state index in [-0.39, 0.29) is 12.5 Å². The van der Waals surface area contributed by atoms with Gasteiger partial charge in [0.25, 0.3) is 5.91 Å². The lowest BCUT2D eigenvalue weighted by Crippen LogP contribution is -2.48. The van der Waals surface area contributed by atoms with Crippen molar-refractivity contribution in [3.05, 3.63) is 29.8 Å². The van der Waals surface area contributed by atoms with Gasteiger partial charge in [-0.2, -0.15) is 0 Å². The largest absolute Gasteiger partial charge is 0.483 e. The van der Waals surface area contributed by atoms with Gasteiger partial charge in [-0.15, -0.1) is 0 Å². The molecule has 0 aliphatic carbocycles. The summed E-state index contributed by atoms with van der Waals surface area (Å²) in [5.41, 5.74) is 1.07. The van der Waals surface area contributed by atoms with Gasteiger partial charge in [0.1, 0.15) is 5.75 Å². The fraction of sp³-hybridized carbons (Fsp3) is 0.533. The van der Waals surface area contributed by atoms with Crippen molar-refractivity contribution in [1.29, 1.82) is 0 Å². The van der Waals surface area contributed by atoms with E-state index in [2.05, 4.69) is 17.3 Å². The number of benzene rings is 1. The van der Waals surface area contributed by atoms with Crippen LogP contribution in [0.5, 0.6) is 5.75 Å². The molecule has 1 aliphatic rings. The molecule has 0 radical (unpaired) electrons. The van der Waals surface area contributed by atoms with Gasteiger partial charge in [0.2, 0.25) is 0 Å². The highest BCUT2D eigenvalue weighted by Crippen LogP contribution is 2.17. The molecule has 1 heterocycles. The molecule has 1 N–H and O–H groups in total. The highest BCUT2D eigenvalue weighted by Gasteiger charge is 2.19. The standard InChI is InChI=1S/C15H23N3O2/c1-16-11-13-5-3-4-6-14(13)20-12-15(19)18-9-7-17(2)8-10-18/h3-6,16H,7-12H2,1-2H3. The van der Waals surface area contributed by atoms with Crippen molar-refractivity contribution in [3.8, 4) is 5.75 Å². The number of carbonyl (C=O) groups excluding carboxylic acids is 1. The number of carbonyl (C=O) groups is 1. The van der Waals surface area contributed by atoms with Gasteiger partial charge in [-0.3, -0.25) is 4.79 Å². The van der Waals surface area contributed by atoms with Crippen LogP contribution in [0.1, 0.15) is 5.56 Å². The average molecular weight is 277 g/mol. The SMILES string of the molecule is CNCc1ccccc1OCC(=O)N1CCN(C)CC1. The van der Waals surface area contributed by atoms with Crippen LogP contribution in [0, 0.1) is 0 Å². The summed E-state index contributed by atoms with van der Waals surface area (Å²) in [6, 6.07) is 7.81. The molecule has 2 rings (SSSR count). The number of rotatable bonds is 5. The van der Waals surface area contributed by atoms with Crippen LogP contribution in [0.2, 0.25) is 0 Å². The molecule has 0 atom stereocenters. The Labute approximate surface area is 120 Å². The first-order valence-electron chi connectivity index (χ1n) is 7.02. The molecular formula is C15H23N3O2. The van der Waals surface area contributed by atoms with E-state index < -0.39 is 0 Å². The van der Waals surface area contributed by atoms with Crippen molar-refractivity contribution in [1.82, 2.24) is 15.1 Å². The molecule has 110 valence electrons. The summed E-state index contributed by atoms with van der Waals surface area (Å²) in [7, 11) is 3.97. The molecule has 0 saturated carbocycles. The second kappa shape index (κ2) is 7.26. The van der Waals surface area contributed by atoms with E-state index in [1.165, 1.54) is 0 Å². The van der Waals surface area contributed by atoms with E-state index in [0.717, 1.165) is 44.0 Å². The minimum Gasteiger partial charge on any atom is -0.483 e. The highest BCUT2D eigenvalue weighted by atomic mass is 16.5. The fourth-order valence-corrected chi connectivity index (χ4v) is 2.27. The monoisotopic (exact) mass is 277 g/mol. The lowest BCUT2D eigenvalue weighted by molar-refractivity contribution is -0.134. The summed E-state index contributed by atoms with van der Waals surface area (Å²) >= 11 is 0. The second-order valence-electron chi connectivity index (χ2n) is 5.11. The third-order valence-electron chi connectivity index (χ3n) is 3.55. The molecule has 0 bridgehead atoms. The van der Waals surface area contributed by atoms with E-state index in [1.807, 2.05) is 36.2 Å². The number of para-hydroxylation sites is 1. The summed E-state index contributed by atoms with van der Waals surface area (Å²) in [6.07, 6.45) is 0. The molecule has 1 aromatic carbocycles. The Morgan fingerprint density at radius 1 is 1.25 bits per heavy atom. The van der Waals surface area contributed by atoms with Gasteiger partial charge in [0.05, 0.1) is 0 Å². The molecule has 1 fully saturated rings. The minimum atomic E-state index is 0.0670. The summed E-state index contributed by atoms with van der Waals surface area (Å²) in [6.45, 7) is 4.29. The topological polar surface area (TPSA) is 44.8 Å². The smallest absolute Gasteiger partial charge is 0.260 e.